The first-order valence-electron chi connectivity index (χ1n) is 10.8. The summed E-state index contributed by atoms with van der Waals surface area (Å²) in [5.74, 6) is 0. The van der Waals surface area contributed by atoms with Crippen molar-refractivity contribution in [2.45, 2.75) is 84.0 Å². The summed E-state index contributed by atoms with van der Waals surface area (Å²) in [4.78, 5) is 27.7. The molecule has 0 atom stereocenters. The van der Waals surface area contributed by atoms with E-state index in [-0.39, 0.29) is 5.54 Å². The molecule has 0 bridgehead atoms. The summed E-state index contributed by atoms with van der Waals surface area (Å²) in [7, 11) is 0. The molecule has 3 rings (SSSR count). The number of anilines is 1. The van der Waals surface area contributed by atoms with Crippen molar-refractivity contribution in [2.75, 3.05) is 18.1 Å². The Morgan fingerprint density at radius 3 is 1.93 bits per heavy atom. The lowest BCUT2D eigenvalue weighted by Crippen LogP contribution is -2.50. The average Bonchev–Trinajstić information content (AvgIpc) is 3.23. The van der Waals surface area contributed by atoms with Gasteiger partial charge in [0.15, 0.2) is 0 Å². The zero-order valence-electron chi connectivity index (χ0n) is 19.1. The van der Waals surface area contributed by atoms with Crippen molar-refractivity contribution in [2.24, 2.45) is 0 Å². The molecule has 0 spiro atoms. The van der Waals surface area contributed by atoms with E-state index >= 15 is 0 Å². The molecular formula is C23H35N3O4. The second-order valence-corrected chi connectivity index (χ2v) is 10.2. The molecule has 1 aliphatic heterocycles. The van der Waals surface area contributed by atoms with Crippen LogP contribution in [0.5, 0.6) is 0 Å². The molecule has 2 amide bonds. The second-order valence-electron chi connectivity index (χ2n) is 10.2. The first-order chi connectivity index (χ1) is 13.9. The molecule has 0 aromatic heterocycles. The van der Waals surface area contributed by atoms with E-state index in [1.54, 1.807) is 41.5 Å². The minimum Gasteiger partial charge on any atom is -0.443 e. The molecule has 1 saturated carbocycles. The van der Waals surface area contributed by atoms with E-state index in [1.165, 1.54) is 18.4 Å². The van der Waals surface area contributed by atoms with Crippen molar-refractivity contribution in [3.05, 3.63) is 29.8 Å². The Labute approximate surface area is 179 Å². The monoisotopic (exact) mass is 417 g/mol. The number of carbonyl (C=O) groups excluding carboxylic acids is 2. The van der Waals surface area contributed by atoms with Crippen LogP contribution in [0.4, 0.5) is 15.3 Å². The number of hydrogen-bond acceptors (Lipinski definition) is 5. The van der Waals surface area contributed by atoms with E-state index in [0.717, 1.165) is 30.9 Å². The predicted molar refractivity (Wildman–Crippen MR) is 116 cm³/mol. The van der Waals surface area contributed by atoms with Gasteiger partial charge in [-0.25, -0.2) is 15.0 Å². The molecule has 2 aliphatic rings. The minimum absolute atomic E-state index is 0.143. The van der Waals surface area contributed by atoms with Crippen LogP contribution in [0.1, 0.15) is 72.8 Å². The van der Waals surface area contributed by atoms with Crippen LogP contribution in [-0.2, 0) is 15.0 Å². The fourth-order valence-corrected chi connectivity index (χ4v) is 3.89. The van der Waals surface area contributed by atoms with Crippen LogP contribution < -0.4 is 10.4 Å². The van der Waals surface area contributed by atoms with Crippen LogP contribution in [0.15, 0.2) is 24.3 Å². The van der Waals surface area contributed by atoms with E-state index in [2.05, 4.69) is 22.5 Å². The van der Waals surface area contributed by atoms with E-state index in [0.29, 0.717) is 5.69 Å². The van der Waals surface area contributed by atoms with Gasteiger partial charge in [0.05, 0.1) is 5.69 Å². The van der Waals surface area contributed by atoms with Gasteiger partial charge < -0.3 is 9.47 Å². The Morgan fingerprint density at radius 2 is 1.47 bits per heavy atom. The standard InChI is InChI=1S/C23H35N3O4/c1-21(2,3)29-19(27)24-26(20(28)30-22(4,5)6)18-11-9-17(10-12-18)23(13-14-23)25-15-7-8-16-25/h9-12H,7-8,13-16H2,1-6H3,(H,24,27). The Morgan fingerprint density at radius 1 is 0.933 bits per heavy atom. The summed E-state index contributed by atoms with van der Waals surface area (Å²) in [6.07, 6.45) is 3.46. The molecule has 0 unspecified atom stereocenters. The van der Waals surface area contributed by atoms with Gasteiger partial charge >= 0.3 is 12.2 Å². The molecule has 1 N–H and O–H groups in total. The van der Waals surface area contributed by atoms with Gasteiger partial charge in [-0.1, -0.05) is 12.1 Å². The first kappa shape index (κ1) is 22.4. The smallest absolute Gasteiger partial charge is 0.434 e. The highest BCUT2D eigenvalue weighted by Gasteiger charge is 2.49. The Kier molecular flexibility index (Phi) is 6.05. The summed E-state index contributed by atoms with van der Waals surface area (Å²) < 4.78 is 10.8. The molecule has 0 radical (unpaired) electrons. The van der Waals surface area contributed by atoms with Crippen LogP contribution in [0.3, 0.4) is 0 Å². The van der Waals surface area contributed by atoms with E-state index in [9.17, 15) is 9.59 Å². The Hall–Kier alpha value is -2.28. The van der Waals surface area contributed by atoms with E-state index in [4.69, 9.17) is 9.47 Å². The fourth-order valence-electron chi connectivity index (χ4n) is 3.89. The van der Waals surface area contributed by atoms with Crippen LogP contribution >= 0.6 is 0 Å². The Bertz CT molecular complexity index is 767. The second kappa shape index (κ2) is 8.10. The van der Waals surface area contributed by atoms with Crippen molar-refractivity contribution in [3.63, 3.8) is 0 Å². The molecule has 7 nitrogen and oxygen atoms in total. The normalized spacial score (nSPS) is 18.6. The lowest BCUT2D eigenvalue weighted by Gasteiger charge is -2.30. The largest absolute Gasteiger partial charge is 0.443 e. The summed E-state index contributed by atoms with van der Waals surface area (Å²) >= 11 is 0. The highest BCUT2D eigenvalue weighted by atomic mass is 16.6. The summed E-state index contributed by atoms with van der Waals surface area (Å²) in [6.45, 7) is 13.0. The number of likely N-dealkylation sites (tertiary alicyclic amines) is 1. The highest BCUT2D eigenvalue weighted by Crippen LogP contribution is 2.52. The highest BCUT2D eigenvalue weighted by molar-refractivity contribution is 5.90. The van der Waals surface area contributed by atoms with Crippen molar-refractivity contribution in [1.29, 1.82) is 0 Å². The van der Waals surface area contributed by atoms with Crippen molar-refractivity contribution in [3.8, 4) is 0 Å². The number of benzene rings is 1. The van der Waals surface area contributed by atoms with Crippen LogP contribution in [0.25, 0.3) is 0 Å². The SMILES string of the molecule is CC(C)(C)OC(=O)NN(C(=O)OC(C)(C)C)c1ccc(C2(N3CCCC3)CC2)cc1. The van der Waals surface area contributed by atoms with Gasteiger partial charge in [-0.05, 0) is 98.0 Å². The van der Waals surface area contributed by atoms with Crippen LogP contribution in [-0.4, -0.2) is 41.4 Å². The maximum Gasteiger partial charge on any atom is 0.434 e. The number of nitrogens with one attached hydrogen (secondary N) is 1. The molecule has 2 fully saturated rings. The number of hydrazine groups is 1. The molecule has 7 heteroatoms. The zero-order valence-corrected chi connectivity index (χ0v) is 19.1. The van der Waals surface area contributed by atoms with Gasteiger partial charge in [-0.15, -0.1) is 0 Å². The molecule has 1 aliphatic carbocycles. The summed E-state index contributed by atoms with van der Waals surface area (Å²) in [5.41, 5.74) is 3.08. The number of carbonyl (C=O) groups is 2. The average molecular weight is 418 g/mol. The van der Waals surface area contributed by atoms with E-state index in [1.807, 2.05) is 12.1 Å². The number of nitrogens with zero attached hydrogens (tertiary/aromatic N) is 2. The number of hydrogen-bond donors (Lipinski definition) is 1. The molecule has 1 aromatic rings. The van der Waals surface area contributed by atoms with Crippen LogP contribution in [0.2, 0.25) is 0 Å². The van der Waals surface area contributed by atoms with Gasteiger partial charge in [0, 0.05) is 5.54 Å². The quantitative estimate of drug-likeness (QED) is 0.705. The molecule has 1 heterocycles. The van der Waals surface area contributed by atoms with Gasteiger partial charge in [0.25, 0.3) is 0 Å². The fraction of sp³-hybridized carbons (Fsp3) is 0.652. The predicted octanol–water partition coefficient (Wildman–Crippen LogP) is 4.95. The number of amides is 2. The maximum absolute atomic E-state index is 12.8. The number of rotatable bonds is 3. The molecule has 1 aromatic carbocycles. The summed E-state index contributed by atoms with van der Waals surface area (Å²) in [6, 6.07) is 7.81. The molecule has 166 valence electrons. The minimum atomic E-state index is -0.715. The first-order valence-corrected chi connectivity index (χ1v) is 10.8. The molecule has 30 heavy (non-hydrogen) atoms. The van der Waals surface area contributed by atoms with Crippen molar-refractivity contribution < 1.29 is 19.1 Å². The Balaban J connectivity index is 1.80. The lowest BCUT2D eigenvalue weighted by atomic mass is 10.0. The number of ether oxygens (including phenoxy) is 2. The van der Waals surface area contributed by atoms with Gasteiger partial charge in [-0.3, -0.25) is 4.90 Å². The lowest BCUT2D eigenvalue weighted by molar-refractivity contribution is 0.0425. The van der Waals surface area contributed by atoms with Gasteiger partial charge in [-0.2, -0.15) is 5.01 Å². The van der Waals surface area contributed by atoms with Crippen LogP contribution in [0, 0.1) is 0 Å². The topological polar surface area (TPSA) is 71.1 Å². The maximum atomic E-state index is 12.8. The van der Waals surface area contributed by atoms with Crippen molar-refractivity contribution >= 4 is 17.9 Å². The van der Waals surface area contributed by atoms with Gasteiger partial charge in [0.2, 0.25) is 0 Å². The summed E-state index contributed by atoms with van der Waals surface area (Å²) in [5, 5.41) is 1.11. The van der Waals surface area contributed by atoms with Gasteiger partial charge in [0.1, 0.15) is 11.2 Å². The molecular weight excluding hydrogens is 382 g/mol. The van der Waals surface area contributed by atoms with E-state index < -0.39 is 23.4 Å². The zero-order chi connectivity index (χ0) is 22.2. The third-order valence-electron chi connectivity index (χ3n) is 5.28. The molecule has 1 saturated heterocycles. The third-order valence-corrected chi connectivity index (χ3v) is 5.28. The third kappa shape index (κ3) is 5.45. The van der Waals surface area contributed by atoms with Crippen molar-refractivity contribution in [1.82, 2.24) is 10.3 Å².